The lowest BCUT2D eigenvalue weighted by atomic mass is 10.2. The van der Waals surface area contributed by atoms with Gasteiger partial charge in [-0.05, 0) is 25.5 Å². The number of carbonyl (C=O) groups excluding carboxylic acids is 2. The van der Waals surface area contributed by atoms with Gasteiger partial charge < -0.3 is 10.1 Å². The summed E-state index contributed by atoms with van der Waals surface area (Å²) in [6, 6.07) is 3.46. The fraction of sp³-hybridized carbons (Fsp3) is 0.235. The fourth-order valence-electron chi connectivity index (χ4n) is 2.13. The van der Waals surface area contributed by atoms with Crippen LogP contribution in [0.5, 0.6) is 0 Å². The van der Waals surface area contributed by atoms with Crippen molar-refractivity contribution in [2.24, 2.45) is 0 Å². The molecule has 0 fully saturated rings. The van der Waals surface area contributed by atoms with E-state index in [-0.39, 0.29) is 12.3 Å². The number of anilines is 1. The zero-order chi connectivity index (χ0) is 18.5. The predicted molar refractivity (Wildman–Crippen MR) is 101 cm³/mol. The van der Waals surface area contributed by atoms with Gasteiger partial charge in [-0.3, -0.25) is 4.79 Å². The van der Waals surface area contributed by atoms with Crippen LogP contribution in [0.3, 0.4) is 0 Å². The van der Waals surface area contributed by atoms with Crippen LogP contribution in [0.15, 0.2) is 29.9 Å². The SMILES string of the molecule is CCOC(=O)c1cc(CC)sc1NC(=O)c1csc(-c2ncccn2)n1. The van der Waals surface area contributed by atoms with Crippen LogP contribution < -0.4 is 5.32 Å². The van der Waals surface area contributed by atoms with Gasteiger partial charge in [0.2, 0.25) is 0 Å². The Morgan fingerprint density at radius 2 is 2.00 bits per heavy atom. The van der Waals surface area contributed by atoms with Crippen LogP contribution in [-0.4, -0.2) is 33.4 Å². The molecule has 0 radical (unpaired) electrons. The molecule has 7 nitrogen and oxygen atoms in total. The molecule has 1 amide bonds. The summed E-state index contributed by atoms with van der Waals surface area (Å²) >= 11 is 2.64. The average molecular weight is 388 g/mol. The number of ether oxygens (including phenoxy) is 1. The number of nitrogens with one attached hydrogen (secondary N) is 1. The van der Waals surface area contributed by atoms with E-state index in [0.717, 1.165) is 11.3 Å². The molecule has 9 heteroatoms. The number of hydrogen-bond acceptors (Lipinski definition) is 8. The Kier molecular flexibility index (Phi) is 5.69. The first-order valence-corrected chi connectivity index (χ1v) is 9.66. The second kappa shape index (κ2) is 8.15. The molecule has 1 N–H and O–H groups in total. The van der Waals surface area contributed by atoms with Crippen molar-refractivity contribution in [1.82, 2.24) is 15.0 Å². The zero-order valence-corrected chi connectivity index (χ0v) is 15.8. The number of thiazole rings is 1. The Morgan fingerprint density at radius 1 is 1.23 bits per heavy atom. The lowest BCUT2D eigenvalue weighted by Crippen LogP contribution is -2.14. The Balaban J connectivity index is 1.81. The lowest BCUT2D eigenvalue weighted by molar-refractivity contribution is 0.0528. The van der Waals surface area contributed by atoms with E-state index >= 15 is 0 Å². The summed E-state index contributed by atoms with van der Waals surface area (Å²) in [5.74, 6) is -0.373. The molecular weight excluding hydrogens is 372 g/mol. The molecule has 3 aromatic rings. The third kappa shape index (κ3) is 3.94. The molecule has 26 heavy (non-hydrogen) atoms. The van der Waals surface area contributed by atoms with Crippen LogP contribution >= 0.6 is 22.7 Å². The number of nitrogens with zero attached hydrogens (tertiary/aromatic N) is 3. The molecule has 0 spiro atoms. The van der Waals surface area contributed by atoms with Crippen molar-refractivity contribution < 1.29 is 14.3 Å². The Bertz CT molecular complexity index is 921. The molecule has 3 rings (SSSR count). The van der Waals surface area contributed by atoms with Gasteiger partial charge in [-0.25, -0.2) is 19.7 Å². The molecule has 0 saturated heterocycles. The zero-order valence-electron chi connectivity index (χ0n) is 14.2. The van der Waals surface area contributed by atoms with E-state index in [1.54, 1.807) is 36.8 Å². The van der Waals surface area contributed by atoms with Crippen molar-refractivity contribution in [1.29, 1.82) is 0 Å². The third-order valence-corrected chi connectivity index (χ3v) is 5.38. The number of carbonyl (C=O) groups is 2. The topological polar surface area (TPSA) is 94.1 Å². The monoisotopic (exact) mass is 388 g/mol. The quantitative estimate of drug-likeness (QED) is 0.648. The number of aromatic nitrogens is 3. The lowest BCUT2D eigenvalue weighted by Gasteiger charge is -2.04. The van der Waals surface area contributed by atoms with Crippen LogP contribution in [0, 0.1) is 0 Å². The molecule has 0 atom stereocenters. The van der Waals surface area contributed by atoms with Crippen LogP contribution in [0.4, 0.5) is 5.00 Å². The smallest absolute Gasteiger partial charge is 0.341 e. The second-order valence-electron chi connectivity index (χ2n) is 5.09. The summed E-state index contributed by atoms with van der Waals surface area (Å²) in [4.78, 5) is 38.2. The minimum absolute atomic E-state index is 0.249. The molecule has 134 valence electrons. The van der Waals surface area contributed by atoms with Gasteiger partial charge in [-0.2, -0.15) is 0 Å². The molecular formula is C17H16N4O3S2. The minimum atomic E-state index is -0.449. The Labute approximate surface area is 158 Å². The summed E-state index contributed by atoms with van der Waals surface area (Å²) in [7, 11) is 0. The summed E-state index contributed by atoms with van der Waals surface area (Å²) in [6.07, 6.45) is 4.00. The molecule has 3 aromatic heterocycles. The van der Waals surface area contributed by atoms with E-state index in [9.17, 15) is 9.59 Å². The number of aryl methyl sites for hydroxylation is 1. The van der Waals surface area contributed by atoms with Crippen LogP contribution in [-0.2, 0) is 11.2 Å². The fourth-order valence-corrected chi connectivity index (χ4v) is 3.85. The van der Waals surface area contributed by atoms with Crippen molar-refractivity contribution >= 4 is 39.6 Å². The summed E-state index contributed by atoms with van der Waals surface area (Å²) < 4.78 is 5.06. The first kappa shape index (κ1) is 18.2. The molecule has 0 aromatic carbocycles. The van der Waals surface area contributed by atoms with Crippen molar-refractivity contribution in [3.8, 4) is 10.8 Å². The largest absolute Gasteiger partial charge is 0.462 e. The standard InChI is InChI=1S/C17H16N4O3S2/c1-3-10-8-11(17(23)24-4-2)15(26-10)21-14(22)12-9-25-16(20-12)13-18-6-5-7-19-13/h5-9H,3-4H2,1-2H3,(H,21,22). The molecule has 0 aliphatic carbocycles. The van der Waals surface area contributed by atoms with Gasteiger partial charge in [-0.15, -0.1) is 22.7 Å². The number of hydrogen-bond donors (Lipinski definition) is 1. The van der Waals surface area contributed by atoms with Gasteiger partial charge in [-0.1, -0.05) is 6.92 Å². The Hall–Kier alpha value is -2.65. The summed E-state index contributed by atoms with van der Waals surface area (Å²) in [5.41, 5.74) is 0.614. The molecule has 0 saturated carbocycles. The van der Waals surface area contributed by atoms with Crippen molar-refractivity contribution in [3.63, 3.8) is 0 Å². The highest BCUT2D eigenvalue weighted by Gasteiger charge is 2.20. The maximum Gasteiger partial charge on any atom is 0.341 e. The van der Waals surface area contributed by atoms with Gasteiger partial charge in [0.25, 0.3) is 5.91 Å². The van der Waals surface area contributed by atoms with Gasteiger partial charge in [0.1, 0.15) is 10.7 Å². The molecule has 0 unspecified atom stereocenters. The summed E-state index contributed by atoms with van der Waals surface area (Å²) in [6.45, 7) is 4.00. The van der Waals surface area contributed by atoms with E-state index in [1.807, 2.05) is 6.92 Å². The maximum atomic E-state index is 12.5. The highest BCUT2D eigenvalue weighted by molar-refractivity contribution is 7.16. The number of esters is 1. The van der Waals surface area contributed by atoms with Gasteiger partial charge in [0, 0.05) is 22.7 Å². The number of thiophene rings is 1. The van der Waals surface area contributed by atoms with Crippen LogP contribution in [0.25, 0.3) is 10.8 Å². The van der Waals surface area contributed by atoms with E-state index in [1.165, 1.54) is 22.7 Å². The molecule has 0 aliphatic rings. The van der Waals surface area contributed by atoms with E-state index < -0.39 is 11.9 Å². The van der Waals surface area contributed by atoms with Gasteiger partial charge in [0.05, 0.1) is 12.2 Å². The minimum Gasteiger partial charge on any atom is -0.462 e. The third-order valence-electron chi connectivity index (χ3n) is 3.35. The van der Waals surface area contributed by atoms with E-state index in [2.05, 4.69) is 20.3 Å². The van der Waals surface area contributed by atoms with Crippen LogP contribution in [0.1, 0.15) is 39.6 Å². The predicted octanol–water partition coefficient (Wildman–Crippen LogP) is 3.65. The Morgan fingerprint density at radius 3 is 2.69 bits per heavy atom. The highest BCUT2D eigenvalue weighted by atomic mass is 32.1. The normalized spacial score (nSPS) is 10.5. The van der Waals surface area contributed by atoms with Crippen molar-refractivity contribution in [2.75, 3.05) is 11.9 Å². The van der Waals surface area contributed by atoms with E-state index in [4.69, 9.17) is 4.74 Å². The van der Waals surface area contributed by atoms with Crippen molar-refractivity contribution in [3.05, 3.63) is 46.0 Å². The summed E-state index contributed by atoms with van der Waals surface area (Å²) in [5, 5.41) is 5.43. The van der Waals surface area contributed by atoms with Crippen LogP contribution in [0.2, 0.25) is 0 Å². The van der Waals surface area contributed by atoms with Gasteiger partial charge in [0.15, 0.2) is 10.8 Å². The average Bonchev–Trinajstić information content (AvgIpc) is 3.30. The van der Waals surface area contributed by atoms with Gasteiger partial charge >= 0.3 is 5.97 Å². The maximum absolute atomic E-state index is 12.5. The van der Waals surface area contributed by atoms with Crippen molar-refractivity contribution in [2.45, 2.75) is 20.3 Å². The first-order valence-electron chi connectivity index (χ1n) is 7.96. The van der Waals surface area contributed by atoms with E-state index in [0.29, 0.717) is 21.4 Å². The number of rotatable bonds is 6. The highest BCUT2D eigenvalue weighted by Crippen LogP contribution is 2.30. The molecule has 3 heterocycles. The molecule has 0 bridgehead atoms. The molecule has 0 aliphatic heterocycles. The second-order valence-corrected chi connectivity index (χ2v) is 7.09. The number of amides is 1. The first-order chi connectivity index (χ1) is 12.6.